The fourth-order valence-electron chi connectivity index (χ4n) is 13.1. The molecule has 0 aromatic carbocycles. The Morgan fingerprint density at radius 1 is 0.269 bits per heavy atom. The van der Waals surface area contributed by atoms with Gasteiger partial charge in [-0.3, -0.25) is 37.3 Å². The van der Waals surface area contributed by atoms with E-state index in [1.165, 1.54) is 257 Å². The zero-order valence-corrected chi connectivity index (χ0v) is 70.3. The molecule has 0 amide bonds. The van der Waals surface area contributed by atoms with Crippen molar-refractivity contribution in [2.24, 2.45) is 17.8 Å². The fourth-order valence-corrected chi connectivity index (χ4v) is 14.7. The van der Waals surface area contributed by atoms with Gasteiger partial charge in [0.05, 0.1) is 26.4 Å². The van der Waals surface area contributed by atoms with Crippen molar-refractivity contribution < 1.29 is 80.2 Å². The minimum absolute atomic E-state index is 0.108. The monoisotopic (exact) mass is 1520 g/mol. The lowest BCUT2D eigenvalue weighted by Gasteiger charge is -2.21. The van der Waals surface area contributed by atoms with Crippen molar-refractivity contribution in [3.05, 3.63) is 0 Å². The van der Waals surface area contributed by atoms with Gasteiger partial charge in [0.2, 0.25) is 0 Å². The summed E-state index contributed by atoms with van der Waals surface area (Å²) in [4.78, 5) is 73.2. The smallest absolute Gasteiger partial charge is 0.462 e. The summed E-state index contributed by atoms with van der Waals surface area (Å²) in [5, 5.41) is 10.7. The molecule has 0 saturated carbocycles. The first-order valence-electron chi connectivity index (χ1n) is 44.0. The zero-order chi connectivity index (χ0) is 76.5. The lowest BCUT2D eigenvalue weighted by molar-refractivity contribution is -0.161. The maximum absolute atomic E-state index is 13.1. The largest absolute Gasteiger partial charge is 0.472 e. The van der Waals surface area contributed by atoms with E-state index in [9.17, 15) is 43.2 Å². The minimum Gasteiger partial charge on any atom is -0.462 e. The van der Waals surface area contributed by atoms with Crippen LogP contribution in [-0.2, 0) is 65.4 Å². The van der Waals surface area contributed by atoms with Crippen molar-refractivity contribution in [2.45, 2.75) is 465 Å². The van der Waals surface area contributed by atoms with Crippen LogP contribution >= 0.6 is 15.6 Å². The van der Waals surface area contributed by atoms with Gasteiger partial charge in [0.1, 0.15) is 19.3 Å². The van der Waals surface area contributed by atoms with E-state index in [-0.39, 0.29) is 25.7 Å². The molecule has 0 aliphatic carbocycles. The van der Waals surface area contributed by atoms with Crippen molar-refractivity contribution in [1.29, 1.82) is 0 Å². The Hall–Kier alpha value is -1.94. The van der Waals surface area contributed by atoms with E-state index in [4.69, 9.17) is 37.0 Å². The van der Waals surface area contributed by atoms with Gasteiger partial charge < -0.3 is 33.8 Å². The molecule has 0 fully saturated rings. The number of phosphoric ester groups is 2. The van der Waals surface area contributed by atoms with Crippen molar-refractivity contribution in [3.8, 4) is 0 Å². The molecule has 0 aromatic heterocycles. The van der Waals surface area contributed by atoms with Crippen LogP contribution in [0.4, 0.5) is 0 Å². The molecule has 0 rings (SSSR count). The van der Waals surface area contributed by atoms with E-state index in [2.05, 4.69) is 48.5 Å². The van der Waals surface area contributed by atoms with E-state index >= 15 is 0 Å². The quantitative estimate of drug-likeness (QED) is 0.0222. The van der Waals surface area contributed by atoms with E-state index in [0.717, 1.165) is 108 Å². The average Bonchev–Trinajstić information content (AvgIpc) is 0.908. The van der Waals surface area contributed by atoms with Crippen LogP contribution in [-0.4, -0.2) is 96.7 Å². The van der Waals surface area contributed by atoms with Gasteiger partial charge in [-0.2, -0.15) is 0 Å². The number of phosphoric acid groups is 2. The zero-order valence-electron chi connectivity index (χ0n) is 68.5. The van der Waals surface area contributed by atoms with Crippen LogP contribution in [0.3, 0.4) is 0 Å². The second-order valence-electron chi connectivity index (χ2n) is 31.3. The van der Waals surface area contributed by atoms with E-state index in [0.29, 0.717) is 25.7 Å². The summed E-state index contributed by atoms with van der Waals surface area (Å²) in [6.45, 7) is 12.1. The number of aliphatic hydroxyl groups excluding tert-OH is 1. The Kier molecular flexibility index (Phi) is 73.7. The number of rotatable bonds is 83. The molecule has 8 atom stereocenters. The molecule has 0 aliphatic heterocycles. The predicted molar refractivity (Wildman–Crippen MR) is 428 cm³/mol. The van der Waals surface area contributed by atoms with Crippen LogP contribution in [0.5, 0.6) is 0 Å². The molecule has 0 bridgehead atoms. The van der Waals surface area contributed by atoms with E-state index in [1.807, 2.05) is 0 Å². The molecule has 0 spiro atoms. The fraction of sp³-hybridized carbons (Fsp3) is 0.953. The van der Waals surface area contributed by atoms with Gasteiger partial charge in [0.25, 0.3) is 0 Å². The summed E-state index contributed by atoms with van der Waals surface area (Å²) >= 11 is 0. The maximum atomic E-state index is 13.1. The molecular weight excluding hydrogens is 1350 g/mol. The van der Waals surface area contributed by atoms with Crippen LogP contribution in [0.1, 0.15) is 447 Å². The molecular formula is C85H166O17P2. The van der Waals surface area contributed by atoms with E-state index in [1.54, 1.807) is 0 Å². The normalized spacial score (nSPS) is 14.7. The molecule has 104 heavy (non-hydrogen) atoms. The number of hydrogen-bond donors (Lipinski definition) is 3. The van der Waals surface area contributed by atoms with Crippen LogP contribution in [0.25, 0.3) is 0 Å². The molecule has 0 radical (unpaired) electrons. The number of esters is 4. The summed E-state index contributed by atoms with van der Waals surface area (Å²) in [5.74, 6) is 0.437. The van der Waals surface area contributed by atoms with Gasteiger partial charge in [0, 0.05) is 25.7 Å². The Morgan fingerprint density at radius 3 is 0.683 bits per heavy atom. The highest BCUT2D eigenvalue weighted by Gasteiger charge is 2.30. The number of unbranched alkanes of at least 4 members (excludes halogenated alkanes) is 48. The molecule has 19 heteroatoms. The van der Waals surface area contributed by atoms with Crippen molar-refractivity contribution in [2.75, 3.05) is 39.6 Å². The molecule has 0 aromatic rings. The van der Waals surface area contributed by atoms with Gasteiger partial charge >= 0.3 is 39.5 Å². The summed E-state index contributed by atoms with van der Waals surface area (Å²) < 4.78 is 68.9. The molecule has 618 valence electrons. The van der Waals surface area contributed by atoms with Crippen LogP contribution in [0.2, 0.25) is 0 Å². The van der Waals surface area contributed by atoms with Gasteiger partial charge in [0.15, 0.2) is 12.2 Å². The number of aliphatic hydroxyl groups is 1. The first-order chi connectivity index (χ1) is 50.3. The molecule has 3 N–H and O–H groups in total. The number of carbonyl (C=O) groups is 4. The first-order valence-corrected chi connectivity index (χ1v) is 47.0. The predicted octanol–water partition coefficient (Wildman–Crippen LogP) is 25.7. The third-order valence-corrected chi connectivity index (χ3v) is 22.9. The van der Waals surface area contributed by atoms with Crippen LogP contribution < -0.4 is 0 Å². The Bertz CT molecular complexity index is 2010. The van der Waals surface area contributed by atoms with Crippen molar-refractivity contribution >= 4 is 39.5 Å². The number of hydrogen-bond acceptors (Lipinski definition) is 15. The number of ether oxygens (including phenoxy) is 4. The molecule has 0 heterocycles. The highest BCUT2D eigenvalue weighted by molar-refractivity contribution is 7.47. The topological polar surface area (TPSA) is 237 Å². The first kappa shape index (κ1) is 102. The standard InChI is InChI=1S/C85H166O17P2/c1-8-12-13-14-15-16-38-45-52-59-66-82(87)95-72-80(101-84(89)68-61-54-47-40-33-27-21-18-24-30-36-43-50-57-64-77(6)10-3)74-99-103(91,92)97-70-79(86)71-98-104(93,94)100-75-81(102-85(90)69-62-55-48-41-34-28-22-19-25-31-37-44-51-58-65-78(7)11-4)73-96-83(88)67-60-53-46-39-32-26-20-17-23-29-35-42-49-56-63-76(5)9-2/h76-81,86H,8-75H2,1-7H3,(H,91,92)(H,93,94)/t76?,77?,78?,79-,80+,81+/m0/s1. The molecule has 0 aliphatic rings. The molecule has 17 nitrogen and oxygen atoms in total. The lowest BCUT2D eigenvalue weighted by atomic mass is 9.99. The summed E-state index contributed by atoms with van der Waals surface area (Å²) in [7, 11) is -9.93. The molecule has 0 saturated heterocycles. The summed E-state index contributed by atoms with van der Waals surface area (Å²) in [6, 6.07) is 0. The van der Waals surface area contributed by atoms with Gasteiger partial charge in [-0.05, 0) is 43.4 Å². The summed E-state index contributed by atoms with van der Waals surface area (Å²) in [5.41, 5.74) is 0. The van der Waals surface area contributed by atoms with E-state index < -0.39 is 97.5 Å². The van der Waals surface area contributed by atoms with Crippen LogP contribution in [0, 0.1) is 17.8 Å². The van der Waals surface area contributed by atoms with Crippen molar-refractivity contribution in [1.82, 2.24) is 0 Å². The lowest BCUT2D eigenvalue weighted by Crippen LogP contribution is -2.30. The second-order valence-corrected chi connectivity index (χ2v) is 34.2. The summed E-state index contributed by atoms with van der Waals surface area (Å²) in [6.07, 6.45) is 64.9. The third kappa shape index (κ3) is 74.2. The highest BCUT2D eigenvalue weighted by Crippen LogP contribution is 2.45. The SMILES string of the molecule is CCCCCCCCCCCCC(=O)OC[C@H](COP(=O)(O)OC[C@H](O)COP(=O)(O)OC[C@@H](COC(=O)CCCCCCCCCCCCCCCCC(C)CC)OC(=O)CCCCCCCCCCCCCCCCC(C)CC)OC(=O)CCCCCCCCCCCCCCCCC(C)CC. The van der Waals surface area contributed by atoms with Gasteiger partial charge in [-0.25, -0.2) is 9.13 Å². The van der Waals surface area contributed by atoms with Gasteiger partial charge in [-0.1, -0.05) is 395 Å². The van der Waals surface area contributed by atoms with Crippen molar-refractivity contribution in [3.63, 3.8) is 0 Å². The Labute approximate surface area is 638 Å². The van der Waals surface area contributed by atoms with Crippen LogP contribution in [0.15, 0.2) is 0 Å². The maximum Gasteiger partial charge on any atom is 0.472 e. The van der Waals surface area contributed by atoms with Gasteiger partial charge in [-0.15, -0.1) is 0 Å². The minimum atomic E-state index is -4.97. The Balaban J connectivity index is 5.24. The highest BCUT2D eigenvalue weighted by atomic mass is 31.2. The average molecular weight is 1520 g/mol. The number of carbonyl (C=O) groups excluding carboxylic acids is 4. The third-order valence-electron chi connectivity index (χ3n) is 21.0. The Morgan fingerprint density at radius 2 is 0.462 bits per heavy atom. The molecule has 5 unspecified atom stereocenters. The second kappa shape index (κ2) is 75.1.